The Morgan fingerprint density at radius 3 is 2.76 bits per heavy atom. The first-order valence-electron chi connectivity index (χ1n) is 5.95. The fraction of sp³-hybridized carbons (Fsp3) is 0.429. The molecule has 2 rings (SSSR count). The zero-order valence-corrected chi connectivity index (χ0v) is 10.2. The number of hydrogen-bond acceptors (Lipinski definition) is 3. The number of hydrogen-bond donors (Lipinski definition) is 1. The molecule has 17 heavy (non-hydrogen) atoms. The van der Waals surface area contributed by atoms with E-state index in [9.17, 15) is 5.11 Å². The normalized spacial score (nSPS) is 15.0. The summed E-state index contributed by atoms with van der Waals surface area (Å²) in [5, 5.41) is 11.2. The molecule has 0 aliphatic rings. The minimum atomic E-state index is -0.702. The molecule has 0 saturated heterocycles. The largest absolute Gasteiger partial charge is 0.458 e. The molecule has 2 atom stereocenters. The van der Waals surface area contributed by atoms with E-state index in [0.29, 0.717) is 5.76 Å². The Morgan fingerprint density at radius 1 is 1.35 bits per heavy atom. The second kappa shape index (κ2) is 5.34. The molecule has 0 aliphatic carbocycles. The van der Waals surface area contributed by atoms with Crippen LogP contribution in [-0.2, 0) is 4.74 Å². The molecule has 0 bridgehead atoms. The summed E-state index contributed by atoms with van der Waals surface area (Å²) in [5.41, 5.74) is 0.799. The van der Waals surface area contributed by atoms with Crippen molar-refractivity contribution in [2.45, 2.75) is 32.0 Å². The van der Waals surface area contributed by atoms with Crippen molar-refractivity contribution in [2.75, 3.05) is 7.11 Å². The molecule has 1 aromatic carbocycles. The Bertz CT molecular complexity index is 442. The number of ether oxygens (including phenoxy) is 1. The fourth-order valence-electron chi connectivity index (χ4n) is 2.02. The third kappa shape index (κ3) is 2.51. The molecular weight excluding hydrogens is 216 g/mol. The third-order valence-electron chi connectivity index (χ3n) is 2.96. The van der Waals surface area contributed by atoms with Crippen LogP contribution in [0.1, 0.15) is 31.6 Å². The van der Waals surface area contributed by atoms with Crippen molar-refractivity contribution in [3.05, 3.63) is 36.1 Å². The van der Waals surface area contributed by atoms with Gasteiger partial charge in [0.2, 0.25) is 0 Å². The van der Waals surface area contributed by atoms with Gasteiger partial charge in [-0.3, -0.25) is 0 Å². The quantitative estimate of drug-likeness (QED) is 0.863. The van der Waals surface area contributed by atoms with Crippen molar-refractivity contribution in [1.29, 1.82) is 0 Å². The average molecular weight is 234 g/mol. The van der Waals surface area contributed by atoms with E-state index >= 15 is 0 Å². The molecule has 1 heterocycles. The minimum Gasteiger partial charge on any atom is -0.458 e. The van der Waals surface area contributed by atoms with Crippen LogP contribution in [0.2, 0.25) is 0 Å². The Hall–Kier alpha value is -1.32. The second-order valence-electron chi connectivity index (χ2n) is 4.19. The molecule has 2 unspecified atom stereocenters. The van der Waals surface area contributed by atoms with Gasteiger partial charge in [0, 0.05) is 12.5 Å². The summed E-state index contributed by atoms with van der Waals surface area (Å²) < 4.78 is 10.9. The highest BCUT2D eigenvalue weighted by molar-refractivity contribution is 5.77. The van der Waals surface area contributed by atoms with Crippen LogP contribution in [0.4, 0.5) is 0 Å². The van der Waals surface area contributed by atoms with Crippen molar-refractivity contribution in [3.63, 3.8) is 0 Å². The van der Waals surface area contributed by atoms with Crippen molar-refractivity contribution in [1.82, 2.24) is 0 Å². The smallest absolute Gasteiger partial charge is 0.138 e. The Labute approximate surface area is 101 Å². The van der Waals surface area contributed by atoms with Crippen LogP contribution < -0.4 is 0 Å². The fourth-order valence-corrected chi connectivity index (χ4v) is 2.02. The van der Waals surface area contributed by atoms with Crippen molar-refractivity contribution in [2.24, 2.45) is 0 Å². The minimum absolute atomic E-state index is 0.208. The lowest BCUT2D eigenvalue weighted by molar-refractivity contribution is -0.0271. The van der Waals surface area contributed by atoms with Gasteiger partial charge in [-0.2, -0.15) is 0 Å². The molecule has 0 saturated carbocycles. The van der Waals surface area contributed by atoms with Crippen LogP contribution in [0.15, 0.2) is 34.7 Å². The molecule has 0 amide bonds. The van der Waals surface area contributed by atoms with Gasteiger partial charge in [-0.25, -0.2) is 0 Å². The Morgan fingerprint density at radius 2 is 2.12 bits per heavy atom. The summed E-state index contributed by atoms with van der Waals surface area (Å²) in [5.74, 6) is 0.575. The second-order valence-corrected chi connectivity index (χ2v) is 4.19. The number of aliphatic hydroxyl groups excluding tert-OH is 1. The maximum Gasteiger partial charge on any atom is 0.138 e. The molecule has 92 valence electrons. The SMILES string of the molecule is CCCC(OC)C(O)c1cc2ccccc2o1. The van der Waals surface area contributed by atoms with Gasteiger partial charge in [-0.1, -0.05) is 31.5 Å². The maximum atomic E-state index is 10.2. The summed E-state index contributed by atoms with van der Waals surface area (Å²) in [6, 6.07) is 9.61. The highest BCUT2D eigenvalue weighted by Crippen LogP contribution is 2.28. The van der Waals surface area contributed by atoms with E-state index < -0.39 is 6.10 Å². The summed E-state index contributed by atoms with van der Waals surface area (Å²) in [7, 11) is 1.62. The lowest BCUT2D eigenvalue weighted by Crippen LogP contribution is -2.20. The number of methoxy groups -OCH3 is 1. The number of fused-ring (bicyclic) bond motifs is 1. The number of rotatable bonds is 5. The zero-order valence-electron chi connectivity index (χ0n) is 10.2. The zero-order chi connectivity index (χ0) is 12.3. The summed E-state index contributed by atoms with van der Waals surface area (Å²) in [4.78, 5) is 0. The number of aliphatic hydroxyl groups is 1. The van der Waals surface area contributed by atoms with E-state index in [0.717, 1.165) is 23.8 Å². The van der Waals surface area contributed by atoms with Gasteiger partial charge < -0.3 is 14.3 Å². The van der Waals surface area contributed by atoms with E-state index in [1.54, 1.807) is 7.11 Å². The van der Waals surface area contributed by atoms with Crippen LogP contribution in [0.5, 0.6) is 0 Å². The molecule has 3 heteroatoms. The number of furan rings is 1. The Kier molecular flexibility index (Phi) is 3.82. The first-order chi connectivity index (χ1) is 8.26. The summed E-state index contributed by atoms with van der Waals surface area (Å²) in [6.07, 6.45) is 0.873. The van der Waals surface area contributed by atoms with Crippen molar-refractivity contribution >= 4 is 11.0 Å². The Balaban J connectivity index is 2.25. The van der Waals surface area contributed by atoms with Gasteiger partial charge >= 0.3 is 0 Å². The molecule has 0 aliphatic heterocycles. The van der Waals surface area contributed by atoms with Crippen molar-refractivity contribution in [3.8, 4) is 0 Å². The molecule has 2 aromatic rings. The lowest BCUT2D eigenvalue weighted by atomic mass is 10.1. The predicted molar refractivity (Wildman–Crippen MR) is 66.9 cm³/mol. The van der Waals surface area contributed by atoms with E-state index in [-0.39, 0.29) is 6.10 Å². The third-order valence-corrected chi connectivity index (χ3v) is 2.96. The van der Waals surface area contributed by atoms with Crippen LogP contribution >= 0.6 is 0 Å². The molecule has 0 spiro atoms. The van der Waals surface area contributed by atoms with E-state index in [4.69, 9.17) is 9.15 Å². The lowest BCUT2D eigenvalue weighted by Gasteiger charge is -2.18. The van der Waals surface area contributed by atoms with Crippen LogP contribution in [0, 0.1) is 0 Å². The summed E-state index contributed by atoms with van der Waals surface area (Å²) in [6.45, 7) is 2.07. The first-order valence-corrected chi connectivity index (χ1v) is 5.95. The monoisotopic (exact) mass is 234 g/mol. The molecule has 1 N–H and O–H groups in total. The van der Waals surface area contributed by atoms with Gasteiger partial charge in [0.1, 0.15) is 17.4 Å². The number of para-hydroxylation sites is 1. The van der Waals surface area contributed by atoms with Gasteiger partial charge in [0.15, 0.2) is 0 Å². The molecule has 0 radical (unpaired) electrons. The van der Waals surface area contributed by atoms with E-state index in [2.05, 4.69) is 6.92 Å². The van der Waals surface area contributed by atoms with Crippen LogP contribution in [-0.4, -0.2) is 18.3 Å². The van der Waals surface area contributed by atoms with E-state index in [1.165, 1.54) is 0 Å². The molecule has 3 nitrogen and oxygen atoms in total. The average Bonchev–Trinajstić information content (AvgIpc) is 2.78. The van der Waals surface area contributed by atoms with Crippen LogP contribution in [0.3, 0.4) is 0 Å². The topological polar surface area (TPSA) is 42.6 Å². The van der Waals surface area contributed by atoms with Crippen molar-refractivity contribution < 1.29 is 14.3 Å². The van der Waals surface area contributed by atoms with Gasteiger partial charge in [-0.15, -0.1) is 0 Å². The first kappa shape index (κ1) is 12.1. The predicted octanol–water partition coefficient (Wildman–Crippen LogP) is 3.28. The maximum absolute atomic E-state index is 10.2. The summed E-state index contributed by atoms with van der Waals surface area (Å²) >= 11 is 0. The molecular formula is C14H18O3. The highest BCUT2D eigenvalue weighted by Gasteiger charge is 2.23. The number of benzene rings is 1. The van der Waals surface area contributed by atoms with Gasteiger partial charge in [-0.05, 0) is 18.6 Å². The van der Waals surface area contributed by atoms with Gasteiger partial charge in [0.25, 0.3) is 0 Å². The molecule has 1 aromatic heterocycles. The van der Waals surface area contributed by atoms with E-state index in [1.807, 2.05) is 30.3 Å². The van der Waals surface area contributed by atoms with Crippen LogP contribution in [0.25, 0.3) is 11.0 Å². The highest BCUT2D eigenvalue weighted by atomic mass is 16.5. The standard InChI is InChI=1S/C14H18O3/c1-3-6-12(16-2)14(15)13-9-10-7-4-5-8-11(10)17-13/h4-5,7-9,12,14-15H,3,6H2,1-2H3. The van der Waals surface area contributed by atoms with Gasteiger partial charge in [0.05, 0.1) is 6.10 Å². The molecule has 0 fully saturated rings.